The minimum absolute atomic E-state index is 0.175. The van der Waals surface area contributed by atoms with Gasteiger partial charge in [-0.1, -0.05) is 48.5 Å². The largest absolute Gasteiger partial charge is 0.454 e. The number of benzene rings is 3. The summed E-state index contributed by atoms with van der Waals surface area (Å²) in [7, 11) is 0. The third-order valence-electron chi connectivity index (χ3n) is 6.26. The number of hydrogen-bond acceptors (Lipinski definition) is 5. The number of nitriles is 1. The minimum Gasteiger partial charge on any atom is -0.454 e. The number of hydrogen-bond donors (Lipinski definition) is 2. The Labute approximate surface area is 209 Å². The average molecular weight is 483 g/mol. The summed E-state index contributed by atoms with van der Waals surface area (Å²) in [6.45, 7) is 3.58. The fourth-order valence-corrected chi connectivity index (χ4v) is 4.38. The number of urea groups is 1. The molecule has 182 valence electrons. The zero-order valence-corrected chi connectivity index (χ0v) is 19.8. The van der Waals surface area contributed by atoms with Crippen LogP contribution in [-0.4, -0.2) is 48.2 Å². The maximum atomic E-state index is 13.4. The molecule has 0 aliphatic carbocycles. The number of carbonyl (C=O) groups is 1. The summed E-state index contributed by atoms with van der Waals surface area (Å²) in [6.07, 6.45) is 2.01. The van der Waals surface area contributed by atoms with Crippen molar-refractivity contribution in [1.82, 2.24) is 15.1 Å². The van der Waals surface area contributed by atoms with Gasteiger partial charge in [0.1, 0.15) is 0 Å². The number of piperazine rings is 1. The fourth-order valence-electron chi connectivity index (χ4n) is 4.38. The molecule has 0 aromatic heterocycles. The zero-order chi connectivity index (χ0) is 24.9. The van der Waals surface area contributed by atoms with Crippen molar-refractivity contribution in [1.29, 1.82) is 5.26 Å². The molecule has 5 rings (SSSR count). The first kappa shape index (κ1) is 23.1. The van der Waals surface area contributed by atoms with Gasteiger partial charge in [0.2, 0.25) is 12.8 Å². The molecule has 9 heteroatoms. The van der Waals surface area contributed by atoms with Gasteiger partial charge in [0, 0.05) is 31.4 Å². The van der Waals surface area contributed by atoms with E-state index in [1.807, 2.05) is 77.5 Å². The van der Waals surface area contributed by atoms with Gasteiger partial charge in [0.05, 0.1) is 11.7 Å². The molecule has 2 N–H and O–H groups in total. The molecule has 1 atom stereocenters. The van der Waals surface area contributed by atoms with Crippen LogP contribution < -0.4 is 20.1 Å². The van der Waals surface area contributed by atoms with Crippen LogP contribution in [-0.2, 0) is 0 Å². The van der Waals surface area contributed by atoms with Crippen molar-refractivity contribution in [2.24, 2.45) is 4.99 Å². The standard InChI is InChI=1S/C27H26N6O3/c1-19-7-5-6-10-22(19)31-26(29-17-28)32-13-14-33(23(16-32)20-8-3-2-4-9-20)27(34)30-21-11-12-24-25(15-21)36-18-35-24/h2-12,15,23H,13-14,16,18H2,1H3,(H,29,31)(H,30,34). The van der Waals surface area contributed by atoms with E-state index < -0.39 is 0 Å². The second kappa shape index (κ2) is 10.3. The van der Waals surface area contributed by atoms with E-state index in [2.05, 4.69) is 10.6 Å². The molecule has 0 radical (unpaired) electrons. The molecule has 2 aliphatic heterocycles. The lowest BCUT2D eigenvalue weighted by Gasteiger charge is -2.42. The monoisotopic (exact) mass is 482 g/mol. The van der Waals surface area contributed by atoms with Crippen LogP contribution >= 0.6 is 0 Å². The van der Waals surface area contributed by atoms with Crippen molar-refractivity contribution in [3.05, 3.63) is 83.9 Å². The van der Waals surface area contributed by atoms with Crippen LogP contribution in [0, 0.1) is 18.4 Å². The number of amides is 2. The molecule has 9 nitrogen and oxygen atoms in total. The van der Waals surface area contributed by atoms with Crippen molar-refractivity contribution in [3.8, 4) is 17.7 Å². The summed E-state index contributed by atoms with van der Waals surface area (Å²) in [5.74, 6) is 1.73. The van der Waals surface area contributed by atoms with E-state index in [9.17, 15) is 10.1 Å². The van der Waals surface area contributed by atoms with Gasteiger partial charge in [-0.05, 0) is 36.2 Å². The number of anilines is 1. The Balaban J connectivity index is 1.40. The molecule has 2 heterocycles. The van der Waals surface area contributed by atoms with Crippen molar-refractivity contribution >= 4 is 23.4 Å². The molecule has 3 aromatic rings. The van der Waals surface area contributed by atoms with Gasteiger partial charge < -0.3 is 24.6 Å². The molecule has 0 bridgehead atoms. The number of aryl methyl sites for hydroxylation is 1. The zero-order valence-electron chi connectivity index (χ0n) is 19.8. The summed E-state index contributed by atoms with van der Waals surface area (Å²) in [5.41, 5.74) is 3.42. The van der Waals surface area contributed by atoms with E-state index in [0.717, 1.165) is 16.8 Å². The number of fused-ring (bicyclic) bond motifs is 1. The Morgan fingerprint density at radius 1 is 1.03 bits per heavy atom. The van der Waals surface area contributed by atoms with Crippen molar-refractivity contribution in [3.63, 3.8) is 0 Å². The highest BCUT2D eigenvalue weighted by molar-refractivity contribution is 5.91. The van der Waals surface area contributed by atoms with Gasteiger partial charge in [0.25, 0.3) is 0 Å². The topological polar surface area (TPSA) is 102 Å². The molecule has 0 saturated carbocycles. The van der Waals surface area contributed by atoms with Crippen LogP contribution in [0.1, 0.15) is 17.2 Å². The predicted octanol–water partition coefficient (Wildman–Crippen LogP) is 4.37. The summed E-state index contributed by atoms with van der Waals surface area (Å²) in [5, 5.41) is 15.1. The molecular weight excluding hydrogens is 456 g/mol. The van der Waals surface area contributed by atoms with Crippen LogP contribution in [0.25, 0.3) is 0 Å². The highest BCUT2D eigenvalue weighted by Gasteiger charge is 2.33. The number of guanidine groups is 1. The lowest BCUT2D eigenvalue weighted by Crippen LogP contribution is -2.55. The number of rotatable bonds is 3. The number of para-hydroxylation sites is 1. The molecule has 2 amide bonds. The van der Waals surface area contributed by atoms with Gasteiger partial charge in [-0.25, -0.2) is 9.79 Å². The maximum absolute atomic E-state index is 13.4. The number of nitrogens with zero attached hydrogens (tertiary/aromatic N) is 4. The second-order valence-electron chi connectivity index (χ2n) is 8.52. The Hall–Kier alpha value is -4.71. The quantitative estimate of drug-likeness (QED) is 0.249. The number of ether oxygens (including phenoxy) is 2. The van der Waals surface area contributed by atoms with Gasteiger partial charge in [0.15, 0.2) is 17.7 Å². The number of nitrogens with one attached hydrogen (secondary N) is 2. The first-order chi connectivity index (χ1) is 17.6. The highest BCUT2D eigenvalue weighted by atomic mass is 16.7. The van der Waals surface area contributed by atoms with E-state index in [1.54, 1.807) is 18.2 Å². The molecule has 3 aromatic carbocycles. The number of aliphatic imine (C=N–C) groups is 1. The van der Waals surface area contributed by atoms with E-state index in [1.165, 1.54) is 0 Å². The van der Waals surface area contributed by atoms with E-state index >= 15 is 0 Å². The van der Waals surface area contributed by atoms with Gasteiger partial charge in [-0.2, -0.15) is 5.26 Å². The van der Waals surface area contributed by atoms with Gasteiger partial charge in [-0.15, -0.1) is 0 Å². The normalized spacial score (nSPS) is 16.9. The summed E-state index contributed by atoms with van der Waals surface area (Å²) < 4.78 is 10.8. The van der Waals surface area contributed by atoms with Crippen LogP contribution in [0.4, 0.5) is 16.2 Å². The van der Waals surface area contributed by atoms with Gasteiger partial charge >= 0.3 is 6.03 Å². The Morgan fingerprint density at radius 3 is 2.61 bits per heavy atom. The molecule has 2 aliphatic rings. The third-order valence-corrected chi connectivity index (χ3v) is 6.26. The fraction of sp³-hybridized carbons (Fsp3) is 0.222. The van der Waals surface area contributed by atoms with Crippen molar-refractivity contribution in [2.75, 3.05) is 31.7 Å². The Bertz CT molecular complexity index is 1320. The Kier molecular flexibility index (Phi) is 6.58. The van der Waals surface area contributed by atoms with Crippen LogP contribution in [0.5, 0.6) is 11.5 Å². The minimum atomic E-state index is -0.253. The lowest BCUT2D eigenvalue weighted by atomic mass is 10.0. The second-order valence-corrected chi connectivity index (χ2v) is 8.52. The summed E-state index contributed by atoms with van der Waals surface area (Å²) in [4.78, 5) is 22.0. The van der Waals surface area contributed by atoms with Gasteiger partial charge in [-0.3, -0.25) is 5.32 Å². The first-order valence-corrected chi connectivity index (χ1v) is 11.7. The predicted molar refractivity (Wildman–Crippen MR) is 136 cm³/mol. The molecule has 1 fully saturated rings. The summed E-state index contributed by atoms with van der Waals surface area (Å²) in [6, 6.07) is 22.5. The molecular formula is C27H26N6O3. The van der Waals surface area contributed by atoms with Crippen molar-refractivity contribution < 1.29 is 14.3 Å². The number of carbonyl (C=O) groups excluding carboxylic acids is 1. The highest BCUT2D eigenvalue weighted by Crippen LogP contribution is 2.35. The van der Waals surface area contributed by atoms with Crippen LogP contribution in [0.2, 0.25) is 0 Å². The third kappa shape index (κ3) is 4.88. The molecule has 1 unspecified atom stereocenters. The average Bonchev–Trinajstić information content (AvgIpc) is 3.38. The van der Waals surface area contributed by atoms with E-state index in [4.69, 9.17) is 14.5 Å². The van der Waals surface area contributed by atoms with Crippen molar-refractivity contribution in [2.45, 2.75) is 13.0 Å². The SMILES string of the molecule is Cc1ccccc1N=C(NC#N)N1CCN(C(=O)Nc2ccc3c(c2)OCO3)C(c2ccccc2)C1. The van der Waals surface area contributed by atoms with Crippen LogP contribution in [0.3, 0.4) is 0 Å². The molecule has 1 saturated heterocycles. The van der Waals surface area contributed by atoms with E-state index in [-0.39, 0.29) is 18.9 Å². The van der Waals surface area contributed by atoms with E-state index in [0.29, 0.717) is 42.8 Å². The molecule has 36 heavy (non-hydrogen) atoms. The first-order valence-electron chi connectivity index (χ1n) is 11.7. The molecule has 0 spiro atoms. The summed E-state index contributed by atoms with van der Waals surface area (Å²) >= 11 is 0. The Morgan fingerprint density at radius 2 is 1.81 bits per heavy atom. The van der Waals surface area contributed by atoms with Crippen LogP contribution in [0.15, 0.2) is 77.8 Å². The smallest absolute Gasteiger partial charge is 0.322 e. The lowest BCUT2D eigenvalue weighted by molar-refractivity contribution is 0.135. The maximum Gasteiger partial charge on any atom is 0.322 e.